The van der Waals surface area contributed by atoms with Crippen molar-refractivity contribution in [3.05, 3.63) is 71.3 Å². The lowest BCUT2D eigenvalue weighted by Gasteiger charge is -2.32. The molecule has 4 atom stereocenters. The van der Waals surface area contributed by atoms with Crippen LogP contribution in [0.5, 0.6) is 5.75 Å². The molecular formula is C24H22F5N5O4. The van der Waals surface area contributed by atoms with Crippen LogP contribution in [0.1, 0.15) is 41.4 Å². The van der Waals surface area contributed by atoms with E-state index < -0.39 is 58.9 Å². The number of pyridine rings is 1. The smallest absolute Gasteiger partial charge is 0.417 e. The van der Waals surface area contributed by atoms with Crippen molar-refractivity contribution in [2.45, 2.75) is 44.3 Å². The van der Waals surface area contributed by atoms with E-state index in [-0.39, 0.29) is 23.6 Å². The van der Waals surface area contributed by atoms with Gasteiger partial charge in [0.05, 0.1) is 6.20 Å². The van der Waals surface area contributed by atoms with Crippen LogP contribution in [0.15, 0.2) is 42.9 Å². The first-order valence-corrected chi connectivity index (χ1v) is 11.2. The summed E-state index contributed by atoms with van der Waals surface area (Å²) in [6.07, 6.45) is -2.77. The van der Waals surface area contributed by atoms with Crippen LogP contribution in [-0.4, -0.2) is 44.9 Å². The van der Waals surface area contributed by atoms with Gasteiger partial charge in [-0.2, -0.15) is 22.7 Å². The fourth-order valence-electron chi connectivity index (χ4n) is 4.35. The Hall–Kier alpha value is -4.07. The van der Waals surface area contributed by atoms with E-state index >= 15 is 0 Å². The van der Waals surface area contributed by atoms with Gasteiger partial charge < -0.3 is 20.5 Å². The molecule has 0 spiro atoms. The van der Waals surface area contributed by atoms with Crippen molar-refractivity contribution in [3.63, 3.8) is 0 Å². The lowest BCUT2D eigenvalue weighted by atomic mass is 9.77. The molecule has 1 fully saturated rings. The minimum atomic E-state index is -4.92. The normalized spacial score (nSPS) is 23.3. The van der Waals surface area contributed by atoms with Gasteiger partial charge in [-0.3, -0.25) is 19.7 Å². The lowest BCUT2D eigenvalue weighted by Crippen LogP contribution is -2.47. The molecule has 1 aliphatic heterocycles. The molecule has 14 heteroatoms. The van der Waals surface area contributed by atoms with Crippen LogP contribution < -0.4 is 15.8 Å². The predicted molar refractivity (Wildman–Crippen MR) is 122 cm³/mol. The molecule has 0 radical (unpaired) electrons. The highest BCUT2D eigenvalue weighted by Crippen LogP contribution is 2.55. The summed E-state index contributed by atoms with van der Waals surface area (Å²) < 4.78 is 82.5. The van der Waals surface area contributed by atoms with Crippen molar-refractivity contribution in [1.82, 2.24) is 15.2 Å². The van der Waals surface area contributed by atoms with Gasteiger partial charge in [0.25, 0.3) is 11.8 Å². The Bertz CT molecular complexity index is 1350. The summed E-state index contributed by atoms with van der Waals surface area (Å²) in [6, 6.07) is 4.22. The minimum absolute atomic E-state index is 0.0103. The molecule has 4 N–H and O–H groups in total. The quantitative estimate of drug-likeness (QED) is 0.391. The summed E-state index contributed by atoms with van der Waals surface area (Å²) in [5.74, 6) is -8.17. The Morgan fingerprint density at radius 3 is 2.63 bits per heavy atom. The second kappa shape index (κ2) is 10.0. The van der Waals surface area contributed by atoms with Gasteiger partial charge >= 0.3 is 6.18 Å². The zero-order valence-electron chi connectivity index (χ0n) is 20.0. The molecule has 1 saturated heterocycles. The van der Waals surface area contributed by atoms with Crippen LogP contribution in [0.4, 0.5) is 27.6 Å². The number of H-pyrrole nitrogens is 1. The number of hydrogen-bond donors (Lipinski definition) is 3. The van der Waals surface area contributed by atoms with E-state index in [0.29, 0.717) is 5.56 Å². The van der Waals surface area contributed by atoms with Crippen LogP contribution in [0.25, 0.3) is 0 Å². The zero-order chi connectivity index (χ0) is 27.8. The number of carbonyl (C=O) groups excluding carboxylic acids is 2. The van der Waals surface area contributed by atoms with Gasteiger partial charge in [0.1, 0.15) is 18.4 Å². The van der Waals surface area contributed by atoms with Gasteiger partial charge in [-0.05, 0) is 25.1 Å². The van der Waals surface area contributed by atoms with E-state index in [2.05, 4.69) is 20.5 Å². The summed E-state index contributed by atoms with van der Waals surface area (Å²) >= 11 is 0. The number of amides is 2. The maximum absolute atomic E-state index is 15.0. The first-order chi connectivity index (χ1) is 17.8. The average molecular weight is 539 g/mol. The van der Waals surface area contributed by atoms with Crippen LogP contribution in [0.3, 0.4) is 0 Å². The van der Waals surface area contributed by atoms with E-state index in [0.717, 1.165) is 25.1 Å². The lowest BCUT2D eigenvalue weighted by molar-refractivity contribution is -0.272. The topological polar surface area (TPSA) is 132 Å². The van der Waals surface area contributed by atoms with Gasteiger partial charge in [-0.15, -0.1) is 0 Å². The van der Waals surface area contributed by atoms with Crippen molar-refractivity contribution in [1.29, 1.82) is 0 Å². The molecule has 2 amide bonds. The number of anilines is 1. The Kier molecular flexibility index (Phi) is 7.10. The van der Waals surface area contributed by atoms with Crippen LogP contribution in [0.2, 0.25) is 0 Å². The highest BCUT2D eigenvalue weighted by molar-refractivity contribution is 5.97. The van der Waals surface area contributed by atoms with E-state index in [4.69, 9.17) is 15.2 Å². The highest BCUT2D eigenvalue weighted by Gasteiger charge is 2.66. The van der Waals surface area contributed by atoms with E-state index in [1.165, 1.54) is 31.6 Å². The third kappa shape index (κ3) is 4.90. The molecule has 2 aromatic heterocycles. The van der Waals surface area contributed by atoms with Crippen molar-refractivity contribution in [2.75, 3.05) is 5.32 Å². The Labute approximate surface area is 212 Å². The molecule has 0 aliphatic carbocycles. The molecule has 4 rings (SSSR count). The molecule has 0 saturated carbocycles. The van der Waals surface area contributed by atoms with Crippen LogP contribution in [-0.2, 0) is 16.1 Å². The van der Waals surface area contributed by atoms with E-state index in [1.54, 1.807) is 0 Å². The summed E-state index contributed by atoms with van der Waals surface area (Å²) in [7, 11) is 0. The number of primary amides is 1. The summed E-state index contributed by atoms with van der Waals surface area (Å²) in [5.41, 5.74) is 2.43. The monoisotopic (exact) mass is 539 g/mol. The molecule has 3 aromatic rings. The number of nitrogens with one attached hydrogen (secondary N) is 2. The number of hydrogen-bond acceptors (Lipinski definition) is 6. The number of halogens is 5. The second-order valence-electron chi connectivity index (χ2n) is 8.92. The number of nitrogens with two attached hydrogens (primary N) is 1. The first-order valence-electron chi connectivity index (χ1n) is 11.2. The van der Waals surface area contributed by atoms with Gasteiger partial charge in [0.15, 0.2) is 17.2 Å². The fraction of sp³-hybridized carbons (Fsp3) is 0.333. The molecule has 9 nitrogen and oxygen atoms in total. The largest absolute Gasteiger partial charge is 0.485 e. The van der Waals surface area contributed by atoms with Crippen molar-refractivity contribution in [2.24, 2.45) is 11.7 Å². The third-order valence-electron chi connectivity index (χ3n) is 6.58. The maximum Gasteiger partial charge on any atom is 0.417 e. The number of rotatable bonds is 7. The van der Waals surface area contributed by atoms with E-state index in [9.17, 15) is 31.5 Å². The maximum atomic E-state index is 15.0. The molecule has 202 valence electrons. The van der Waals surface area contributed by atoms with Crippen molar-refractivity contribution in [3.8, 4) is 5.75 Å². The summed E-state index contributed by atoms with van der Waals surface area (Å²) in [6.45, 7) is 1.69. The SMILES string of the molecule is C[C@H]1[C@@H](c2ccc(F)c(F)c2OCc2cn[nH]c2)[C@H](C(=O)Nc2ccnc(C(N)=O)c2)O[C@@]1(C)C(F)(F)F. The first kappa shape index (κ1) is 27.0. The standard InChI is InChI=1S/C24H22F5N5O4/c1-11-17(14-3-4-15(25)18(26)19(14)37-10-12-8-32-33-9-12)20(38-23(11,2)24(27,28)29)22(36)34-13-5-6-31-16(7-13)21(30)35/h3-9,11,17,20H,10H2,1-2H3,(H2,30,35)(H,32,33)(H,31,34,36)/t11-,17-,20+,23+/m0/s1. The molecule has 0 unspecified atom stereocenters. The van der Waals surface area contributed by atoms with Crippen LogP contribution >= 0.6 is 0 Å². The second-order valence-corrected chi connectivity index (χ2v) is 8.92. The van der Waals surface area contributed by atoms with Gasteiger partial charge in [-0.25, -0.2) is 4.39 Å². The van der Waals surface area contributed by atoms with Crippen molar-refractivity contribution < 1.29 is 41.0 Å². The average Bonchev–Trinajstić information content (AvgIpc) is 3.47. The van der Waals surface area contributed by atoms with Gasteiger partial charge in [0, 0.05) is 41.0 Å². The molecular weight excluding hydrogens is 517 g/mol. The Morgan fingerprint density at radius 2 is 2.00 bits per heavy atom. The van der Waals surface area contributed by atoms with Crippen molar-refractivity contribution >= 4 is 17.5 Å². The van der Waals surface area contributed by atoms with Crippen LogP contribution in [0, 0.1) is 17.6 Å². The number of aromatic nitrogens is 3. The molecule has 38 heavy (non-hydrogen) atoms. The molecule has 0 bridgehead atoms. The summed E-state index contributed by atoms with van der Waals surface area (Å²) in [4.78, 5) is 28.5. The van der Waals surface area contributed by atoms with Gasteiger partial charge in [0.2, 0.25) is 5.82 Å². The molecule has 1 aromatic carbocycles. The number of alkyl halides is 3. The number of aromatic amines is 1. The molecule has 1 aliphatic rings. The number of carbonyl (C=O) groups is 2. The number of ether oxygens (including phenoxy) is 2. The Morgan fingerprint density at radius 1 is 1.26 bits per heavy atom. The summed E-state index contributed by atoms with van der Waals surface area (Å²) in [5, 5.41) is 8.63. The predicted octanol–water partition coefficient (Wildman–Crippen LogP) is 3.84. The number of benzene rings is 1. The fourth-order valence-corrected chi connectivity index (χ4v) is 4.35. The van der Waals surface area contributed by atoms with E-state index in [1.807, 2.05) is 0 Å². The number of nitrogens with zero attached hydrogens (tertiary/aromatic N) is 2. The Balaban J connectivity index is 1.76. The molecule has 3 heterocycles. The highest BCUT2D eigenvalue weighted by atomic mass is 19.4. The zero-order valence-corrected chi connectivity index (χ0v) is 20.0. The van der Waals surface area contributed by atoms with Gasteiger partial charge in [-0.1, -0.05) is 13.0 Å². The minimum Gasteiger partial charge on any atom is -0.485 e. The third-order valence-corrected chi connectivity index (χ3v) is 6.58.